The summed E-state index contributed by atoms with van der Waals surface area (Å²) in [6.07, 6.45) is 3.14. The van der Waals surface area contributed by atoms with Gasteiger partial charge in [0.25, 0.3) is 0 Å². The van der Waals surface area contributed by atoms with E-state index in [0.717, 1.165) is 36.2 Å². The maximum Gasteiger partial charge on any atom is 0.244 e. The summed E-state index contributed by atoms with van der Waals surface area (Å²) in [7, 11) is -3.35. The zero-order valence-electron chi connectivity index (χ0n) is 13.2. The summed E-state index contributed by atoms with van der Waals surface area (Å²) in [6.45, 7) is 9.01. The molecule has 0 spiro atoms. The van der Waals surface area contributed by atoms with E-state index in [9.17, 15) is 8.42 Å². The molecule has 0 aliphatic carbocycles. The molecule has 0 radical (unpaired) electrons. The molecular formula is C15H26N2O2S2. The predicted molar refractivity (Wildman–Crippen MR) is 88.2 cm³/mol. The molecule has 1 aromatic heterocycles. The van der Waals surface area contributed by atoms with Crippen molar-refractivity contribution < 1.29 is 8.42 Å². The highest BCUT2D eigenvalue weighted by molar-refractivity contribution is 7.89. The van der Waals surface area contributed by atoms with Crippen LogP contribution in [0.25, 0.3) is 0 Å². The molecule has 6 heteroatoms. The lowest BCUT2D eigenvalue weighted by molar-refractivity contribution is 0.281. The Morgan fingerprint density at radius 3 is 2.90 bits per heavy atom. The average molecular weight is 331 g/mol. The van der Waals surface area contributed by atoms with Crippen molar-refractivity contribution in [1.29, 1.82) is 0 Å². The molecule has 0 saturated carbocycles. The Bertz CT molecular complexity index is 566. The van der Waals surface area contributed by atoms with E-state index in [1.165, 1.54) is 0 Å². The molecule has 1 aromatic rings. The second kappa shape index (κ2) is 7.22. The molecule has 1 saturated heterocycles. The molecule has 120 valence electrons. The van der Waals surface area contributed by atoms with Gasteiger partial charge in [0.2, 0.25) is 10.0 Å². The number of aryl methyl sites for hydroxylation is 1. The largest absolute Gasteiger partial charge is 0.312 e. The van der Waals surface area contributed by atoms with Crippen LogP contribution in [-0.2, 0) is 16.6 Å². The Labute approximate surface area is 132 Å². The Balaban J connectivity index is 2.24. The Hall–Kier alpha value is -0.430. The molecule has 1 N–H and O–H groups in total. The van der Waals surface area contributed by atoms with Gasteiger partial charge in [0.15, 0.2) is 0 Å². The fourth-order valence-electron chi connectivity index (χ4n) is 2.83. The first-order valence-corrected chi connectivity index (χ1v) is 10.1. The minimum absolute atomic E-state index is 0.453. The first-order chi connectivity index (χ1) is 9.96. The summed E-state index contributed by atoms with van der Waals surface area (Å²) in [4.78, 5) is 1.49. The van der Waals surface area contributed by atoms with Crippen LogP contribution in [0.4, 0.5) is 0 Å². The van der Waals surface area contributed by atoms with Gasteiger partial charge >= 0.3 is 0 Å². The molecule has 1 aliphatic rings. The molecule has 0 bridgehead atoms. The Morgan fingerprint density at radius 1 is 1.48 bits per heavy atom. The number of hydrogen-bond acceptors (Lipinski definition) is 4. The monoisotopic (exact) mass is 330 g/mol. The highest BCUT2D eigenvalue weighted by atomic mass is 32.2. The molecule has 4 nitrogen and oxygen atoms in total. The summed E-state index contributed by atoms with van der Waals surface area (Å²) in [6, 6.07) is 0. The van der Waals surface area contributed by atoms with E-state index in [-0.39, 0.29) is 0 Å². The summed E-state index contributed by atoms with van der Waals surface area (Å²) < 4.78 is 27.6. The molecule has 1 fully saturated rings. The van der Waals surface area contributed by atoms with Gasteiger partial charge < -0.3 is 5.32 Å². The molecule has 1 unspecified atom stereocenters. The third kappa shape index (κ3) is 3.86. The summed E-state index contributed by atoms with van der Waals surface area (Å²) in [5.74, 6) is 0.453. The Kier molecular flexibility index (Phi) is 5.82. The van der Waals surface area contributed by atoms with Crippen LogP contribution in [-0.4, -0.2) is 32.4 Å². The van der Waals surface area contributed by atoms with Crippen LogP contribution in [0.3, 0.4) is 0 Å². The van der Waals surface area contributed by atoms with E-state index in [1.54, 1.807) is 15.6 Å². The van der Waals surface area contributed by atoms with Crippen molar-refractivity contribution >= 4 is 21.4 Å². The van der Waals surface area contributed by atoms with Crippen LogP contribution in [0.15, 0.2) is 10.3 Å². The van der Waals surface area contributed by atoms with Crippen LogP contribution >= 0.6 is 11.3 Å². The van der Waals surface area contributed by atoms with Gasteiger partial charge in [-0.1, -0.05) is 13.8 Å². The number of piperidine rings is 1. The first kappa shape index (κ1) is 16.9. The van der Waals surface area contributed by atoms with Gasteiger partial charge in [-0.2, -0.15) is 4.31 Å². The van der Waals surface area contributed by atoms with Crippen molar-refractivity contribution in [2.75, 3.05) is 19.6 Å². The van der Waals surface area contributed by atoms with Crippen molar-refractivity contribution in [3.05, 3.63) is 15.8 Å². The van der Waals surface area contributed by atoms with Crippen molar-refractivity contribution in [3.8, 4) is 0 Å². The van der Waals surface area contributed by atoms with Gasteiger partial charge in [-0.3, -0.25) is 0 Å². The van der Waals surface area contributed by atoms with Gasteiger partial charge in [-0.15, -0.1) is 11.3 Å². The second-order valence-electron chi connectivity index (χ2n) is 5.96. The lowest BCUT2D eigenvalue weighted by Crippen LogP contribution is -2.39. The average Bonchev–Trinajstić information content (AvgIpc) is 2.81. The maximum absolute atomic E-state index is 13.0. The molecule has 1 atom stereocenters. The molecule has 2 rings (SSSR count). The maximum atomic E-state index is 13.0. The number of thiophene rings is 1. The fraction of sp³-hybridized carbons (Fsp3) is 0.733. The summed E-state index contributed by atoms with van der Waals surface area (Å²) >= 11 is 1.55. The highest BCUT2D eigenvalue weighted by Crippen LogP contribution is 2.31. The molecule has 2 heterocycles. The molecule has 1 aliphatic heterocycles. The van der Waals surface area contributed by atoms with E-state index in [4.69, 9.17) is 0 Å². The van der Waals surface area contributed by atoms with E-state index >= 15 is 0 Å². The second-order valence-corrected chi connectivity index (χ2v) is 8.80. The smallest absolute Gasteiger partial charge is 0.244 e. The van der Waals surface area contributed by atoms with Crippen molar-refractivity contribution in [2.45, 2.75) is 51.5 Å². The first-order valence-electron chi connectivity index (χ1n) is 7.74. The van der Waals surface area contributed by atoms with Gasteiger partial charge in [0, 0.05) is 24.5 Å². The normalized spacial score (nSPS) is 20.8. The zero-order chi connectivity index (χ0) is 15.5. The molecule has 0 amide bonds. The van der Waals surface area contributed by atoms with Crippen LogP contribution < -0.4 is 5.32 Å². The van der Waals surface area contributed by atoms with Gasteiger partial charge in [0.05, 0.1) is 0 Å². The van der Waals surface area contributed by atoms with Crippen LogP contribution in [0.5, 0.6) is 0 Å². The van der Waals surface area contributed by atoms with E-state index < -0.39 is 10.0 Å². The highest BCUT2D eigenvalue weighted by Gasteiger charge is 2.32. The quantitative estimate of drug-likeness (QED) is 0.816. The van der Waals surface area contributed by atoms with Crippen LogP contribution in [0.1, 0.15) is 43.6 Å². The third-order valence-electron chi connectivity index (χ3n) is 3.92. The van der Waals surface area contributed by atoms with Crippen molar-refractivity contribution in [2.24, 2.45) is 5.92 Å². The lowest BCUT2D eigenvalue weighted by Gasteiger charge is -2.30. The van der Waals surface area contributed by atoms with E-state index in [0.29, 0.717) is 30.4 Å². The molecule has 0 aromatic carbocycles. The van der Waals surface area contributed by atoms with Gasteiger partial charge in [-0.05, 0) is 49.6 Å². The minimum atomic E-state index is -3.35. The van der Waals surface area contributed by atoms with Crippen molar-refractivity contribution in [3.63, 3.8) is 0 Å². The number of rotatable bonds is 6. The third-order valence-corrected chi connectivity index (χ3v) is 7.25. The number of nitrogens with zero attached hydrogens (tertiary/aromatic N) is 1. The number of nitrogens with one attached hydrogen (secondary N) is 1. The van der Waals surface area contributed by atoms with Gasteiger partial charge in [-0.25, -0.2) is 8.42 Å². The fourth-order valence-corrected chi connectivity index (χ4v) is 6.16. The van der Waals surface area contributed by atoms with E-state index in [1.807, 2.05) is 12.3 Å². The van der Waals surface area contributed by atoms with Crippen LogP contribution in [0, 0.1) is 12.8 Å². The number of sulfonamides is 1. The van der Waals surface area contributed by atoms with Gasteiger partial charge in [0.1, 0.15) is 4.90 Å². The lowest BCUT2D eigenvalue weighted by atomic mass is 10.0. The predicted octanol–water partition coefficient (Wildman–Crippen LogP) is 2.98. The number of hydrogen-bond donors (Lipinski definition) is 1. The zero-order valence-corrected chi connectivity index (χ0v) is 14.8. The van der Waals surface area contributed by atoms with E-state index in [2.05, 4.69) is 19.2 Å². The standard InChI is InChI=1S/C15H26N2O2S2/c1-4-7-16-9-14-15(13(3)11-20-14)21(18,19)17-8-5-6-12(2)10-17/h11-12,16H,4-10H2,1-3H3. The minimum Gasteiger partial charge on any atom is -0.312 e. The summed E-state index contributed by atoms with van der Waals surface area (Å²) in [5, 5.41) is 5.28. The SMILES string of the molecule is CCCNCc1scc(C)c1S(=O)(=O)N1CCCC(C)C1. The summed E-state index contributed by atoms with van der Waals surface area (Å²) in [5.41, 5.74) is 0.881. The van der Waals surface area contributed by atoms with Crippen molar-refractivity contribution in [1.82, 2.24) is 9.62 Å². The topological polar surface area (TPSA) is 49.4 Å². The van der Waals surface area contributed by atoms with Crippen LogP contribution in [0.2, 0.25) is 0 Å². The Morgan fingerprint density at radius 2 is 2.24 bits per heavy atom. The molecular weight excluding hydrogens is 304 g/mol. The molecule has 21 heavy (non-hydrogen) atoms.